The summed E-state index contributed by atoms with van der Waals surface area (Å²) in [4.78, 5) is 0. The van der Waals surface area contributed by atoms with Crippen LogP contribution in [0.3, 0.4) is 0 Å². The minimum Gasteiger partial charge on any atom is -0.327 e. The van der Waals surface area contributed by atoms with E-state index in [-0.39, 0.29) is 6.04 Å². The van der Waals surface area contributed by atoms with Crippen LogP contribution in [0, 0.1) is 5.92 Å². The van der Waals surface area contributed by atoms with Gasteiger partial charge in [0.05, 0.1) is 6.20 Å². The Morgan fingerprint density at radius 3 is 2.58 bits per heavy atom. The Hall–Kier alpha value is -1.61. The van der Waals surface area contributed by atoms with E-state index in [9.17, 15) is 0 Å². The van der Waals surface area contributed by atoms with Crippen LogP contribution in [-0.2, 0) is 25.8 Å². The Kier molecular flexibility index (Phi) is 3.38. The molecule has 0 aliphatic heterocycles. The van der Waals surface area contributed by atoms with Crippen molar-refractivity contribution in [2.24, 2.45) is 11.7 Å². The number of benzene rings is 1. The molecular formula is C16H21N3. The van der Waals surface area contributed by atoms with Crippen molar-refractivity contribution in [1.82, 2.24) is 9.78 Å². The largest absolute Gasteiger partial charge is 0.327 e. The molecule has 1 aliphatic rings. The molecule has 3 nitrogen and oxygen atoms in total. The second-order valence-corrected chi connectivity index (χ2v) is 5.51. The number of hydrogen-bond acceptors (Lipinski definition) is 2. The van der Waals surface area contributed by atoms with Crippen molar-refractivity contribution in [3.63, 3.8) is 0 Å². The maximum atomic E-state index is 6.40. The van der Waals surface area contributed by atoms with Gasteiger partial charge in [0, 0.05) is 18.8 Å². The summed E-state index contributed by atoms with van der Waals surface area (Å²) in [5.41, 5.74) is 10.6. The summed E-state index contributed by atoms with van der Waals surface area (Å²) in [6, 6.07) is 8.94. The van der Waals surface area contributed by atoms with Crippen LogP contribution >= 0.6 is 0 Å². The zero-order valence-corrected chi connectivity index (χ0v) is 11.4. The fourth-order valence-corrected chi connectivity index (χ4v) is 3.02. The summed E-state index contributed by atoms with van der Waals surface area (Å²) in [5, 5.41) is 4.31. The van der Waals surface area contributed by atoms with Crippen molar-refractivity contribution < 1.29 is 0 Å². The normalized spacial score (nSPS) is 16.5. The average Bonchev–Trinajstić information content (AvgIpc) is 3.04. The minimum atomic E-state index is 0.224. The Morgan fingerprint density at radius 1 is 1.32 bits per heavy atom. The zero-order valence-electron chi connectivity index (χ0n) is 11.4. The van der Waals surface area contributed by atoms with E-state index in [2.05, 4.69) is 42.5 Å². The third-order valence-corrected chi connectivity index (χ3v) is 4.17. The number of hydrogen-bond donors (Lipinski definition) is 1. The number of rotatable bonds is 4. The summed E-state index contributed by atoms with van der Waals surface area (Å²) >= 11 is 0. The van der Waals surface area contributed by atoms with E-state index in [1.54, 1.807) is 0 Å². The van der Waals surface area contributed by atoms with Gasteiger partial charge in [0.1, 0.15) is 0 Å². The highest BCUT2D eigenvalue weighted by atomic mass is 15.3. The minimum absolute atomic E-state index is 0.224. The summed E-state index contributed by atoms with van der Waals surface area (Å²) in [6.45, 7) is 3.02. The van der Waals surface area contributed by atoms with Gasteiger partial charge in [-0.2, -0.15) is 5.10 Å². The van der Waals surface area contributed by atoms with Gasteiger partial charge in [-0.1, -0.05) is 24.3 Å². The van der Waals surface area contributed by atoms with Gasteiger partial charge in [0.2, 0.25) is 0 Å². The summed E-state index contributed by atoms with van der Waals surface area (Å²) in [7, 11) is 0. The quantitative estimate of drug-likeness (QED) is 0.910. The first kappa shape index (κ1) is 12.4. The third-order valence-electron chi connectivity index (χ3n) is 4.17. The van der Waals surface area contributed by atoms with Crippen molar-refractivity contribution in [1.29, 1.82) is 0 Å². The molecule has 0 radical (unpaired) electrons. The Labute approximate surface area is 114 Å². The van der Waals surface area contributed by atoms with E-state index in [1.807, 2.05) is 10.9 Å². The van der Waals surface area contributed by atoms with E-state index in [0.29, 0.717) is 5.92 Å². The molecule has 0 bridgehead atoms. The molecule has 3 rings (SSSR count). The van der Waals surface area contributed by atoms with Crippen LogP contribution < -0.4 is 5.73 Å². The first-order chi connectivity index (χ1) is 9.26. The number of aromatic nitrogens is 2. The lowest BCUT2D eigenvalue weighted by atomic mass is 9.93. The van der Waals surface area contributed by atoms with Crippen LogP contribution in [0.25, 0.3) is 0 Å². The first-order valence-electron chi connectivity index (χ1n) is 7.10. The van der Waals surface area contributed by atoms with Crippen LogP contribution in [0.2, 0.25) is 0 Å². The summed E-state index contributed by atoms with van der Waals surface area (Å²) in [6.07, 6.45) is 7.24. The smallest absolute Gasteiger partial charge is 0.0522 e. The molecule has 2 N–H and O–H groups in total. The molecule has 0 saturated heterocycles. The van der Waals surface area contributed by atoms with Gasteiger partial charge in [-0.05, 0) is 48.8 Å². The molecule has 1 heterocycles. The zero-order chi connectivity index (χ0) is 13.2. The monoisotopic (exact) mass is 255 g/mol. The molecule has 1 aliphatic carbocycles. The third kappa shape index (κ3) is 2.56. The van der Waals surface area contributed by atoms with E-state index in [1.165, 1.54) is 16.7 Å². The van der Waals surface area contributed by atoms with Gasteiger partial charge >= 0.3 is 0 Å². The fourth-order valence-electron chi connectivity index (χ4n) is 3.02. The Balaban J connectivity index is 1.65. The summed E-state index contributed by atoms with van der Waals surface area (Å²) in [5.74, 6) is 0.572. The lowest BCUT2D eigenvalue weighted by Crippen LogP contribution is -2.32. The molecule has 1 aromatic heterocycles. The molecule has 0 amide bonds. The topological polar surface area (TPSA) is 43.8 Å². The molecule has 1 aromatic carbocycles. The standard InChI is InChI=1S/C16H21N3/c1-2-19-11-12(10-18-19)7-16(17)15-8-13-5-3-4-6-14(13)9-15/h3-6,10-11,15-16H,2,7-9,17H2,1H3. The predicted molar refractivity (Wildman–Crippen MR) is 76.9 cm³/mol. The highest BCUT2D eigenvalue weighted by Gasteiger charge is 2.26. The van der Waals surface area contributed by atoms with E-state index in [0.717, 1.165) is 25.8 Å². The molecule has 2 aromatic rings. The van der Waals surface area contributed by atoms with Gasteiger partial charge in [-0.15, -0.1) is 0 Å². The van der Waals surface area contributed by atoms with Crippen LogP contribution in [0.4, 0.5) is 0 Å². The second-order valence-electron chi connectivity index (χ2n) is 5.51. The van der Waals surface area contributed by atoms with Gasteiger partial charge < -0.3 is 5.73 Å². The molecule has 3 heteroatoms. The maximum Gasteiger partial charge on any atom is 0.0522 e. The first-order valence-corrected chi connectivity index (χ1v) is 7.10. The molecule has 0 spiro atoms. The van der Waals surface area contributed by atoms with Crippen molar-refractivity contribution in [2.45, 2.75) is 38.8 Å². The Morgan fingerprint density at radius 2 is 2.00 bits per heavy atom. The van der Waals surface area contributed by atoms with E-state index in [4.69, 9.17) is 5.73 Å². The van der Waals surface area contributed by atoms with Gasteiger partial charge in [0.25, 0.3) is 0 Å². The van der Waals surface area contributed by atoms with Gasteiger partial charge in [-0.25, -0.2) is 0 Å². The highest BCUT2D eigenvalue weighted by Crippen LogP contribution is 2.29. The molecule has 1 unspecified atom stereocenters. The fraction of sp³-hybridized carbons (Fsp3) is 0.438. The molecule has 19 heavy (non-hydrogen) atoms. The second kappa shape index (κ2) is 5.17. The predicted octanol–water partition coefficient (Wildman–Crippen LogP) is 2.19. The number of nitrogens with zero attached hydrogens (tertiary/aromatic N) is 2. The molecule has 1 atom stereocenters. The van der Waals surface area contributed by atoms with Gasteiger partial charge in [0.15, 0.2) is 0 Å². The average molecular weight is 255 g/mol. The molecule has 100 valence electrons. The van der Waals surface area contributed by atoms with Crippen LogP contribution in [-0.4, -0.2) is 15.8 Å². The van der Waals surface area contributed by atoms with Crippen molar-refractivity contribution in [3.8, 4) is 0 Å². The van der Waals surface area contributed by atoms with Crippen LogP contribution in [0.1, 0.15) is 23.6 Å². The van der Waals surface area contributed by atoms with Crippen molar-refractivity contribution in [2.75, 3.05) is 0 Å². The number of nitrogens with two attached hydrogens (primary N) is 1. The lowest BCUT2D eigenvalue weighted by molar-refractivity contribution is 0.437. The Bertz CT molecular complexity index is 534. The SMILES string of the molecule is CCn1cc(CC(N)C2Cc3ccccc3C2)cn1. The molecule has 0 saturated carbocycles. The molecule has 0 fully saturated rings. The van der Waals surface area contributed by atoms with Crippen LogP contribution in [0.5, 0.6) is 0 Å². The summed E-state index contributed by atoms with van der Waals surface area (Å²) < 4.78 is 1.96. The van der Waals surface area contributed by atoms with E-state index >= 15 is 0 Å². The molecular weight excluding hydrogens is 234 g/mol. The highest BCUT2D eigenvalue weighted by molar-refractivity contribution is 5.32. The van der Waals surface area contributed by atoms with Crippen molar-refractivity contribution in [3.05, 3.63) is 53.3 Å². The number of fused-ring (bicyclic) bond motifs is 1. The van der Waals surface area contributed by atoms with Crippen LogP contribution in [0.15, 0.2) is 36.7 Å². The maximum absolute atomic E-state index is 6.40. The van der Waals surface area contributed by atoms with E-state index < -0.39 is 0 Å². The number of aryl methyl sites for hydroxylation is 1. The van der Waals surface area contributed by atoms with Gasteiger partial charge in [-0.3, -0.25) is 4.68 Å². The van der Waals surface area contributed by atoms with Crippen molar-refractivity contribution >= 4 is 0 Å². The lowest BCUT2D eigenvalue weighted by Gasteiger charge is -2.17.